The van der Waals surface area contributed by atoms with E-state index in [1.54, 1.807) is 0 Å². The first-order valence-corrected chi connectivity index (χ1v) is 7.73. The highest BCUT2D eigenvalue weighted by Crippen LogP contribution is 2.38. The maximum atomic E-state index is 6.14. The van der Waals surface area contributed by atoms with E-state index >= 15 is 0 Å². The van der Waals surface area contributed by atoms with Crippen LogP contribution in [-0.4, -0.2) is 24.5 Å². The molecule has 2 N–H and O–H groups in total. The summed E-state index contributed by atoms with van der Waals surface area (Å²) in [5, 5.41) is 1.77. The molecule has 1 aromatic rings. The number of nitrogens with two attached hydrogens (primary N) is 1. The van der Waals surface area contributed by atoms with Crippen LogP contribution < -0.4 is 5.73 Å². The first kappa shape index (κ1) is 14.2. The first-order valence-electron chi connectivity index (χ1n) is 6.41. The molecular formula is C14H20ClNOS. The van der Waals surface area contributed by atoms with Gasteiger partial charge >= 0.3 is 0 Å². The highest BCUT2D eigenvalue weighted by Gasteiger charge is 2.23. The zero-order valence-corrected chi connectivity index (χ0v) is 12.2. The van der Waals surface area contributed by atoms with Gasteiger partial charge in [-0.3, -0.25) is 0 Å². The number of hydrogen-bond acceptors (Lipinski definition) is 3. The molecule has 0 saturated carbocycles. The van der Waals surface area contributed by atoms with Crippen LogP contribution in [0.25, 0.3) is 0 Å². The van der Waals surface area contributed by atoms with Crippen LogP contribution in [0.3, 0.4) is 0 Å². The Kier molecular flexibility index (Phi) is 5.37. The Morgan fingerprint density at radius 3 is 2.44 bits per heavy atom. The van der Waals surface area contributed by atoms with Gasteiger partial charge in [-0.25, -0.2) is 0 Å². The molecule has 2 unspecified atom stereocenters. The maximum Gasteiger partial charge on any atom is 0.0476 e. The van der Waals surface area contributed by atoms with Crippen LogP contribution in [0.15, 0.2) is 24.3 Å². The molecule has 0 aromatic heterocycles. The molecule has 100 valence electrons. The van der Waals surface area contributed by atoms with Gasteiger partial charge in [-0.05, 0) is 37.5 Å². The van der Waals surface area contributed by atoms with E-state index in [2.05, 4.69) is 19.1 Å². The zero-order chi connectivity index (χ0) is 13.0. The van der Waals surface area contributed by atoms with Crippen molar-refractivity contribution in [1.29, 1.82) is 0 Å². The van der Waals surface area contributed by atoms with Crippen molar-refractivity contribution >= 4 is 23.4 Å². The number of benzene rings is 1. The van der Waals surface area contributed by atoms with Gasteiger partial charge in [-0.1, -0.05) is 23.7 Å². The van der Waals surface area contributed by atoms with Crippen LogP contribution in [-0.2, 0) is 4.74 Å². The summed E-state index contributed by atoms with van der Waals surface area (Å²) in [4.78, 5) is 0. The molecule has 1 aliphatic heterocycles. The van der Waals surface area contributed by atoms with Crippen molar-refractivity contribution in [1.82, 2.24) is 0 Å². The largest absolute Gasteiger partial charge is 0.381 e. The first-order chi connectivity index (χ1) is 8.66. The summed E-state index contributed by atoms with van der Waals surface area (Å²) in [6.07, 6.45) is 2.25. The third-order valence-corrected chi connectivity index (χ3v) is 5.29. The summed E-state index contributed by atoms with van der Waals surface area (Å²) in [6, 6.07) is 8.19. The summed E-state index contributed by atoms with van der Waals surface area (Å²) in [5.41, 5.74) is 7.41. The summed E-state index contributed by atoms with van der Waals surface area (Å²) in [5.74, 6) is 0. The fraction of sp³-hybridized carbons (Fsp3) is 0.571. The summed E-state index contributed by atoms with van der Waals surface area (Å²) in [6.45, 7) is 3.83. The van der Waals surface area contributed by atoms with E-state index in [9.17, 15) is 0 Å². The van der Waals surface area contributed by atoms with Gasteiger partial charge in [0.1, 0.15) is 0 Å². The van der Waals surface area contributed by atoms with Crippen molar-refractivity contribution < 1.29 is 4.74 Å². The fourth-order valence-electron chi connectivity index (χ4n) is 2.18. The molecule has 1 saturated heterocycles. The van der Waals surface area contributed by atoms with Gasteiger partial charge in [0.05, 0.1) is 0 Å². The molecule has 0 aliphatic carbocycles. The van der Waals surface area contributed by atoms with Gasteiger partial charge in [0.15, 0.2) is 0 Å². The molecule has 2 rings (SSSR count). The zero-order valence-electron chi connectivity index (χ0n) is 10.6. The molecule has 0 spiro atoms. The molecule has 0 bridgehead atoms. The lowest BCUT2D eigenvalue weighted by Gasteiger charge is -2.28. The number of halogens is 1. The highest BCUT2D eigenvalue weighted by molar-refractivity contribution is 8.00. The number of thioether (sulfide) groups is 1. The van der Waals surface area contributed by atoms with Crippen molar-refractivity contribution in [2.24, 2.45) is 5.73 Å². The minimum Gasteiger partial charge on any atom is -0.381 e. The molecule has 18 heavy (non-hydrogen) atoms. The summed E-state index contributed by atoms with van der Waals surface area (Å²) >= 11 is 7.92. The van der Waals surface area contributed by atoms with Gasteiger partial charge in [0.25, 0.3) is 0 Å². The SMILES string of the molecule is CC(N)C(SC1CCOCC1)c1ccc(Cl)cc1. The van der Waals surface area contributed by atoms with E-state index in [0.717, 1.165) is 31.1 Å². The van der Waals surface area contributed by atoms with Crippen molar-refractivity contribution in [3.05, 3.63) is 34.9 Å². The quantitative estimate of drug-likeness (QED) is 0.917. The molecular weight excluding hydrogens is 266 g/mol. The van der Waals surface area contributed by atoms with Crippen molar-refractivity contribution in [3.8, 4) is 0 Å². The van der Waals surface area contributed by atoms with Crippen LogP contribution in [0.5, 0.6) is 0 Å². The third kappa shape index (κ3) is 3.89. The number of hydrogen-bond donors (Lipinski definition) is 1. The Hall–Kier alpha value is -0.220. The normalized spacial score (nSPS) is 20.6. The Labute approximate surface area is 118 Å². The standard InChI is InChI=1S/C14H20ClNOS/c1-10(16)14(11-2-4-12(15)5-3-11)18-13-6-8-17-9-7-13/h2-5,10,13-14H,6-9,16H2,1H3. The van der Waals surface area contributed by atoms with E-state index < -0.39 is 0 Å². The lowest BCUT2D eigenvalue weighted by atomic mass is 10.1. The van der Waals surface area contributed by atoms with Crippen LogP contribution in [0.2, 0.25) is 5.02 Å². The Morgan fingerprint density at radius 2 is 1.89 bits per heavy atom. The van der Waals surface area contributed by atoms with E-state index in [1.165, 1.54) is 5.56 Å². The van der Waals surface area contributed by atoms with Crippen LogP contribution in [0.1, 0.15) is 30.6 Å². The second-order valence-corrected chi connectivity index (χ2v) is 6.66. The van der Waals surface area contributed by atoms with Crippen molar-refractivity contribution in [2.75, 3.05) is 13.2 Å². The highest BCUT2D eigenvalue weighted by atomic mass is 35.5. The van der Waals surface area contributed by atoms with E-state index in [1.807, 2.05) is 23.9 Å². The van der Waals surface area contributed by atoms with Crippen LogP contribution in [0.4, 0.5) is 0 Å². The molecule has 0 radical (unpaired) electrons. The third-order valence-electron chi connectivity index (χ3n) is 3.18. The monoisotopic (exact) mass is 285 g/mol. The van der Waals surface area contributed by atoms with E-state index in [-0.39, 0.29) is 6.04 Å². The van der Waals surface area contributed by atoms with E-state index in [0.29, 0.717) is 10.5 Å². The predicted octanol–water partition coefficient (Wildman–Crippen LogP) is 3.64. The smallest absolute Gasteiger partial charge is 0.0476 e. The minimum absolute atomic E-state index is 0.138. The predicted molar refractivity (Wildman–Crippen MR) is 79.3 cm³/mol. The Bertz CT molecular complexity index is 363. The second kappa shape index (κ2) is 6.80. The van der Waals surface area contributed by atoms with Gasteiger partial charge in [-0.2, -0.15) is 0 Å². The second-order valence-electron chi connectivity index (χ2n) is 4.78. The molecule has 2 nitrogen and oxygen atoms in total. The van der Waals surface area contributed by atoms with Crippen LogP contribution in [0, 0.1) is 0 Å². The molecule has 1 aliphatic rings. The molecule has 1 heterocycles. The average Bonchev–Trinajstić information content (AvgIpc) is 2.38. The van der Waals surface area contributed by atoms with E-state index in [4.69, 9.17) is 22.1 Å². The minimum atomic E-state index is 0.138. The van der Waals surface area contributed by atoms with Crippen LogP contribution >= 0.6 is 23.4 Å². The van der Waals surface area contributed by atoms with Gasteiger partial charge in [0.2, 0.25) is 0 Å². The number of ether oxygens (including phenoxy) is 1. The molecule has 0 amide bonds. The molecule has 2 atom stereocenters. The average molecular weight is 286 g/mol. The molecule has 1 aromatic carbocycles. The van der Waals surface area contributed by atoms with Gasteiger partial charge in [-0.15, -0.1) is 11.8 Å². The van der Waals surface area contributed by atoms with Gasteiger partial charge < -0.3 is 10.5 Å². The summed E-state index contributed by atoms with van der Waals surface area (Å²) in [7, 11) is 0. The lowest BCUT2D eigenvalue weighted by Crippen LogP contribution is -2.26. The topological polar surface area (TPSA) is 35.2 Å². The maximum absolute atomic E-state index is 6.14. The van der Waals surface area contributed by atoms with Crippen molar-refractivity contribution in [3.63, 3.8) is 0 Å². The Morgan fingerprint density at radius 1 is 1.28 bits per heavy atom. The Balaban J connectivity index is 2.05. The van der Waals surface area contributed by atoms with Crippen molar-refractivity contribution in [2.45, 2.75) is 36.3 Å². The fourth-order valence-corrected chi connectivity index (χ4v) is 3.75. The van der Waals surface area contributed by atoms with Gasteiger partial charge in [0, 0.05) is 34.8 Å². The lowest BCUT2D eigenvalue weighted by molar-refractivity contribution is 0.0999. The summed E-state index contributed by atoms with van der Waals surface area (Å²) < 4.78 is 5.40. The molecule has 4 heteroatoms. The molecule has 1 fully saturated rings. The number of rotatable bonds is 4.